The quantitative estimate of drug-likeness (QED) is 0.820. The van der Waals surface area contributed by atoms with Gasteiger partial charge in [0.25, 0.3) is 0 Å². The van der Waals surface area contributed by atoms with Crippen LogP contribution in [0, 0.1) is 13.8 Å². The van der Waals surface area contributed by atoms with Crippen LogP contribution in [-0.4, -0.2) is 33.4 Å². The number of anilines is 1. The Morgan fingerprint density at radius 1 is 1.40 bits per heavy atom. The number of aryl methyl sites for hydroxylation is 2. The average molecular weight is 366 g/mol. The largest absolute Gasteiger partial charge is 0.480 e. The molecule has 0 aliphatic rings. The van der Waals surface area contributed by atoms with E-state index in [0.717, 1.165) is 17.0 Å². The Hall–Kier alpha value is -2.54. The lowest BCUT2D eigenvalue weighted by Gasteiger charge is -2.14. The van der Waals surface area contributed by atoms with Gasteiger partial charge in [0.05, 0.1) is 16.6 Å². The molecule has 25 heavy (non-hydrogen) atoms. The normalized spacial score (nSPS) is 11.9. The number of carboxylic acid groups (broad SMARTS) is 1. The molecule has 0 bridgehead atoms. The Morgan fingerprint density at radius 3 is 2.60 bits per heavy atom. The summed E-state index contributed by atoms with van der Waals surface area (Å²) in [6.45, 7) is 5.13. The third kappa shape index (κ3) is 4.30. The highest BCUT2D eigenvalue weighted by Gasteiger charge is 2.22. The zero-order chi connectivity index (χ0) is 18.7. The van der Waals surface area contributed by atoms with Crippen molar-refractivity contribution in [3.05, 3.63) is 40.2 Å². The fourth-order valence-electron chi connectivity index (χ4n) is 2.63. The van der Waals surface area contributed by atoms with Crippen LogP contribution in [0.15, 0.2) is 18.2 Å². The minimum atomic E-state index is -1.09. The third-order valence-electron chi connectivity index (χ3n) is 3.94. The second-order valence-electron chi connectivity index (χ2n) is 5.75. The summed E-state index contributed by atoms with van der Waals surface area (Å²) in [7, 11) is 1.84. The molecule has 0 aliphatic carbocycles. The number of amides is 1. The van der Waals surface area contributed by atoms with Crippen molar-refractivity contribution in [3.63, 3.8) is 0 Å². The van der Waals surface area contributed by atoms with E-state index in [1.165, 1.54) is 12.1 Å². The van der Waals surface area contributed by atoms with Crippen molar-refractivity contribution < 1.29 is 19.4 Å². The molecule has 0 spiro atoms. The van der Waals surface area contributed by atoms with E-state index in [4.69, 9.17) is 21.4 Å². The number of aliphatic carboxylic acids is 1. The molecule has 2 N–H and O–H groups in total. The van der Waals surface area contributed by atoms with Crippen LogP contribution in [0.5, 0.6) is 5.75 Å². The van der Waals surface area contributed by atoms with E-state index < -0.39 is 12.6 Å². The predicted molar refractivity (Wildman–Crippen MR) is 94.3 cm³/mol. The van der Waals surface area contributed by atoms with Crippen molar-refractivity contribution in [1.29, 1.82) is 0 Å². The summed E-state index contributed by atoms with van der Waals surface area (Å²) in [5.74, 6) is -1.41. The second kappa shape index (κ2) is 7.57. The zero-order valence-corrected chi connectivity index (χ0v) is 15.2. The van der Waals surface area contributed by atoms with E-state index in [1.54, 1.807) is 10.7 Å². The topological polar surface area (TPSA) is 93.5 Å². The number of benzene rings is 1. The molecule has 7 nitrogen and oxygen atoms in total. The number of hydrogen-bond acceptors (Lipinski definition) is 4. The van der Waals surface area contributed by atoms with Gasteiger partial charge < -0.3 is 15.2 Å². The van der Waals surface area contributed by atoms with Gasteiger partial charge in [0, 0.05) is 24.0 Å². The van der Waals surface area contributed by atoms with Crippen molar-refractivity contribution in [3.8, 4) is 5.75 Å². The van der Waals surface area contributed by atoms with Crippen LogP contribution in [0.1, 0.15) is 29.8 Å². The highest BCUT2D eigenvalue weighted by molar-refractivity contribution is 6.32. The molecule has 8 heteroatoms. The maximum atomic E-state index is 12.5. The lowest BCUT2D eigenvalue weighted by molar-refractivity contribution is -0.139. The van der Waals surface area contributed by atoms with Crippen LogP contribution in [-0.2, 0) is 16.6 Å². The predicted octanol–water partition coefficient (Wildman–Crippen LogP) is 2.90. The van der Waals surface area contributed by atoms with Crippen molar-refractivity contribution in [1.82, 2.24) is 9.78 Å². The van der Waals surface area contributed by atoms with E-state index >= 15 is 0 Å². The highest BCUT2D eigenvalue weighted by atomic mass is 35.5. The number of carboxylic acids is 1. The molecule has 0 saturated carbocycles. The van der Waals surface area contributed by atoms with Crippen molar-refractivity contribution >= 4 is 29.2 Å². The van der Waals surface area contributed by atoms with Gasteiger partial charge in [0.15, 0.2) is 6.61 Å². The van der Waals surface area contributed by atoms with Crippen LogP contribution < -0.4 is 10.1 Å². The van der Waals surface area contributed by atoms with Gasteiger partial charge in [-0.05, 0) is 39.0 Å². The molecule has 1 aromatic carbocycles. The number of hydrogen-bond donors (Lipinski definition) is 2. The molecule has 1 aromatic heterocycles. The van der Waals surface area contributed by atoms with E-state index in [0.29, 0.717) is 5.69 Å². The average Bonchev–Trinajstić information content (AvgIpc) is 2.78. The van der Waals surface area contributed by atoms with Gasteiger partial charge in [0.1, 0.15) is 5.75 Å². The minimum absolute atomic E-state index is 0.186. The number of rotatable bonds is 6. The van der Waals surface area contributed by atoms with Crippen LogP contribution >= 0.6 is 11.6 Å². The molecule has 1 unspecified atom stereocenters. The van der Waals surface area contributed by atoms with Crippen molar-refractivity contribution in [2.45, 2.75) is 26.7 Å². The first-order valence-corrected chi connectivity index (χ1v) is 8.03. The second-order valence-corrected chi connectivity index (χ2v) is 6.15. The molecule has 0 saturated heterocycles. The number of ether oxygens (including phenoxy) is 1. The van der Waals surface area contributed by atoms with Gasteiger partial charge in [-0.3, -0.25) is 9.48 Å². The number of carbonyl (C=O) groups excluding carboxylic acids is 1. The number of halogens is 1. The summed E-state index contributed by atoms with van der Waals surface area (Å²) in [4.78, 5) is 23.1. The number of nitrogens with zero attached hydrogens (tertiary/aromatic N) is 2. The highest BCUT2D eigenvalue weighted by Crippen LogP contribution is 2.29. The first-order chi connectivity index (χ1) is 11.7. The SMILES string of the molecule is Cc1nn(C)c(C)c1C(C)C(=O)Nc1ccc(OCC(=O)O)c(Cl)c1. The molecule has 0 aliphatic heterocycles. The number of aromatic nitrogens is 2. The van der Waals surface area contributed by atoms with E-state index in [9.17, 15) is 9.59 Å². The summed E-state index contributed by atoms with van der Waals surface area (Å²) in [5.41, 5.74) is 3.16. The summed E-state index contributed by atoms with van der Waals surface area (Å²) in [5, 5.41) is 16.0. The lowest BCUT2D eigenvalue weighted by Crippen LogP contribution is -2.20. The van der Waals surface area contributed by atoms with Crippen molar-refractivity contribution in [2.75, 3.05) is 11.9 Å². The summed E-state index contributed by atoms with van der Waals surface area (Å²) in [6, 6.07) is 4.65. The van der Waals surface area contributed by atoms with Crippen molar-refractivity contribution in [2.24, 2.45) is 7.05 Å². The van der Waals surface area contributed by atoms with E-state index in [1.807, 2.05) is 27.8 Å². The van der Waals surface area contributed by atoms with Gasteiger partial charge in [-0.15, -0.1) is 0 Å². The standard InChI is InChI=1S/C17H20ClN3O4/c1-9(16-10(2)20-21(4)11(16)3)17(24)19-12-5-6-14(13(18)7-12)25-8-15(22)23/h5-7,9H,8H2,1-4H3,(H,19,24)(H,22,23). The monoisotopic (exact) mass is 365 g/mol. The zero-order valence-electron chi connectivity index (χ0n) is 14.5. The molecule has 1 atom stereocenters. The Kier molecular flexibility index (Phi) is 5.69. The van der Waals surface area contributed by atoms with Gasteiger partial charge in [-0.2, -0.15) is 5.10 Å². The molecule has 2 aromatic rings. The fraction of sp³-hybridized carbons (Fsp3) is 0.353. The molecule has 1 amide bonds. The maximum absolute atomic E-state index is 12.5. The molecule has 134 valence electrons. The number of nitrogens with one attached hydrogen (secondary N) is 1. The first-order valence-electron chi connectivity index (χ1n) is 7.65. The molecular formula is C17H20ClN3O4. The van der Waals surface area contributed by atoms with E-state index in [2.05, 4.69) is 10.4 Å². The molecule has 2 rings (SSSR count). The molecule has 1 heterocycles. The Morgan fingerprint density at radius 2 is 2.08 bits per heavy atom. The van der Waals surface area contributed by atoms with Crippen LogP contribution in [0.2, 0.25) is 5.02 Å². The summed E-state index contributed by atoms with van der Waals surface area (Å²) >= 11 is 6.06. The third-order valence-corrected chi connectivity index (χ3v) is 4.24. The van der Waals surface area contributed by atoms with Crippen LogP contribution in [0.3, 0.4) is 0 Å². The smallest absolute Gasteiger partial charge is 0.341 e. The Labute approximate surface area is 150 Å². The van der Waals surface area contributed by atoms with Gasteiger partial charge >= 0.3 is 5.97 Å². The summed E-state index contributed by atoms with van der Waals surface area (Å²) < 4.78 is 6.80. The van der Waals surface area contributed by atoms with E-state index in [-0.39, 0.29) is 22.6 Å². The molecular weight excluding hydrogens is 346 g/mol. The fourth-order valence-corrected chi connectivity index (χ4v) is 2.87. The van der Waals surface area contributed by atoms with Gasteiger partial charge in [0.2, 0.25) is 5.91 Å². The minimum Gasteiger partial charge on any atom is -0.480 e. The Bertz CT molecular complexity index is 816. The molecule has 0 fully saturated rings. The summed E-state index contributed by atoms with van der Waals surface area (Å²) in [6.07, 6.45) is 0. The van der Waals surface area contributed by atoms with Gasteiger partial charge in [-0.1, -0.05) is 11.6 Å². The number of carbonyl (C=O) groups is 2. The molecule has 0 radical (unpaired) electrons. The lowest BCUT2D eigenvalue weighted by atomic mass is 9.98. The Balaban J connectivity index is 2.12. The maximum Gasteiger partial charge on any atom is 0.341 e. The first kappa shape index (κ1) is 18.8. The van der Waals surface area contributed by atoms with Gasteiger partial charge in [-0.25, -0.2) is 4.79 Å². The van der Waals surface area contributed by atoms with Crippen LogP contribution in [0.25, 0.3) is 0 Å². The van der Waals surface area contributed by atoms with Crippen LogP contribution in [0.4, 0.5) is 5.69 Å².